The summed E-state index contributed by atoms with van der Waals surface area (Å²) in [6, 6.07) is 9.28. The van der Waals surface area contributed by atoms with Gasteiger partial charge in [-0.15, -0.1) is 0 Å². The molecule has 0 bridgehead atoms. The molecule has 1 heterocycles. The van der Waals surface area contributed by atoms with Gasteiger partial charge in [-0.25, -0.2) is 0 Å². The predicted molar refractivity (Wildman–Crippen MR) is 90.4 cm³/mol. The fourth-order valence-corrected chi connectivity index (χ4v) is 3.24. The summed E-state index contributed by atoms with van der Waals surface area (Å²) >= 11 is 0. The van der Waals surface area contributed by atoms with Crippen molar-refractivity contribution in [2.75, 3.05) is 26.4 Å². The van der Waals surface area contributed by atoms with E-state index in [0.717, 1.165) is 32.6 Å². The Kier molecular flexibility index (Phi) is 6.06. The summed E-state index contributed by atoms with van der Waals surface area (Å²) in [7, 11) is 0. The number of rotatable bonds is 8. The van der Waals surface area contributed by atoms with Crippen molar-refractivity contribution in [2.45, 2.75) is 57.4 Å². The van der Waals surface area contributed by atoms with E-state index in [9.17, 15) is 5.11 Å². The van der Waals surface area contributed by atoms with Gasteiger partial charge >= 0.3 is 0 Å². The first-order valence-corrected chi connectivity index (χ1v) is 8.87. The second-order valence-electron chi connectivity index (χ2n) is 6.95. The van der Waals surface area contributed by atoms with E-state index in [2.05, 4.69) is 36.1 Å². The summed E-state index contributed by atoms with van der Waals surface area (Å²) < 4.78 is 11.2. The number of ether oxygens (including phenoxy) is 2. The molecule has 1 unspecified atom stereocenters. The van der Waals surface area contributed by atoms with E-state index < -0.39 is 6.10 Å². The van der Waals surface area contributed by atoms with Crippen LogP contribution in [-0.4, -0.2) is 54.6 Å². The third-order valence-electron chi connectivity index (χ3n) is 4.67. The van der Waals surface area contributed by atoms with E-state index in [1.807, 2.05) is 0 Å². The second kappa shape index (κ2) is 8.25. The van der Waals surface area contributed by atoms with Crippen LogP contribution in [0, 0.1) is 6.92 Å². The third-order valence-corrected chi connectivity index (χ3v) is 4.67. The van der Waals surface area contributed by atoms with E-state index in [-0.39, 0.29) is 6.10 Å². The third kappa shape index (κ3) is 5.57. The number of aryl methyl sites for hydroxylation is 1. The van der Waals surface area contributed by atoms with Crippen molar-refractivity contribution in [1.29, 1.82) is 0 Å². The van der Waals surface area contributed by atoms with Crippen molar-refractivity contribution < 1.29 is 14.6 Å². The van der Waals surface area contributed by atoms with Crippen LogP contribution >= 0.6 is 0 Å². The lowest BCUT2D eigenvalue weighted by molar-refractivity contribution is -0.0649. The summed E-state index contributed by atoms with van der Waals surface area (Å²) in [5.74, 6) is 0. The van der Waals surface area contributed by atoms with E-state index in [0.29, 0.717) is 19.2 Å². The number of aliphatic hydroxyl groups excluding tert-OH is 1. The van der Waals surface area contributed by atoms with Gasteiger partial charge in [-0.1, -0.05) is 29.8 Å². The zero-order chi connectivity index (χ0) is 16.1. The van der Waals surface area contributed by atoms with E-state index >= 15 is 0 Å². The van der Waals surface area contributed by atoms with Crippen LogP contribution in [0.1, 0.15) is 36.8 Å². The molecule has 128 valence electrons. The van der Waals surface area contributed by atoms with Crippen LogP contribution in [0.3, 0.4) is 0 Å². The minimum absolute atomic E-state index is 0.254. The zero-order valence-corrected chi connectivity index (χ0v) is 14.1. The van der Waals surface area contributed by atoms with Gasteiger partial charge in [0.2, 0.25) is 0 Å². The highest BCUT2D eigenvalue weighted by atomic mass is 16.5. The Balaban J connectivity index is 1.46. The molecule has 1 aliphatic carbocycles. The molecule has 23 heavy (non-hydrogen) atoms. The van der Waals surface area contributed by atoms with Crippen LogP contribution in [0.25, 0.3) is 0 Å². The minimum Gasteiger partial charge on any atom is -0.389 e. The Morgan fingerprint density at radius 2 is 2.04 bits per heavy atom. The molecular formula is C19H29NO3. The number of hydrogen-bond donors (Lipinski definition) is 1. The molecule has 1 aromatic carbocycles. The van der Waals surface area contributed by atoms with Gasteiger partial charge < -0.3 is 14.6 Å². The molecule has 1 atom stereocenters. The maximum absolute atomic E-state index is 10.4. The average molecular weight is 319 g/mol. The van der Waals surface area contributed by atoms with Crippen LogP contribution in [0.2, 0.25) is 0 Å². The molecular weight excluding hydrogens is 290 g/mol. The lowest BCUT2D eigenvalue weighted by Crippen LogP contribution is -2.37. The quantitative estimate of drug-likeness (QED) is 0.799. The van der Waals surface area contributed by atoms with Gasteiger partial charge in [0.15, 0.2) is 0 Å². The van der Waals surface area contributed by atoms with Crippen LogP contribution in [0.15, 0.2) is 24.3 Å². The molecule has 2 aliphatic rings. The lowest BCUT2D eigenvalue weighted by Gasteiger charge is -2.27. The second-order valence-corrected chi connectivity index (χ2v) is 6.95. The Bertz CT molecular complexity index is 483. The molecule has 3 rings (SSSR count). The minimum atomic E-state index is -0.414. The van der Waals surface area contributed by atoms with Crippen LogP contribution in [-0.2, 0) is 16.0 Å². The standard InChI is InChI=1S/C19H29NO3/c1-15-3-2-4-16(11-15)12-20(17-5-6-17)13-18(21)14-23-19-7-9-22-10-8-19/h2-4,11,17-19,21H,5-10,12-14H2,1H3. The van der Waals surface area contributed by atoms with Crippen molar-refractivity contribution in [3.63, 3.8) is 0 Å². The molecule has 0 aromatic heterocycles. The smallest absolute Gasteiger partial charge is 0.0900 e. The first-order valence-electron chi connectivity index (χ1n) is 8.87. The van der Waals surface area contributed by atoms with Crippen LogP contribution < -0.4 is 0 Å². The van der Waals surface area contributed by atoms with Crippen molar-refractivity contribution in [1.82, 2.24) is 4.90 Å². The summed E-state index contributed by atoms with van der Waals surface area (Å²) in [6.45, 7) is 5.73. The van der Waals surface area contributed by atoms with E-state index in [4.69, 9.17) is 9.47 Å². The fourth-order valence-electron chi connectivity index (χ4n) is 3.24. The Labute approximate surface area is 139 Å². The van der Waals surface area contributed by atoms with Crippen molar-refractivity contribution in [3.8, 4) is 0 Å². The molecule has 0 amide bonds. The molecule has 0 spiro atoms. The highest BCUT2D eigenvalue weighted by Crippen LogP contribution is 2.28. The summed E-state index contributed by atoms with van der Waals surface area (Å²) in [4.78, 5) is 2.41. The van der Waals surface area contributed by atoms with Crippen molar-refractivity contribution in [3.05, 3.63) is 35.4 Å². The molecule has 1 aliphatic heterocycles. The predicted octanol–water partition coefficient (Wildman–Crippen LogP) is 2.52. The number of hydrogen-bond acceptors (Lipinski definition) is 4. The average Bonchev–Trinajstić information content (AvgIpc) is 3.38. The SMILES string of the molecule is Cc1cccc(CN(CC(O)COC2CCOCC2)C2CC2)c1. The summed E-state index contributed by atoms with van der Waals surface area (Å²) in [6.07, 6.45) is 4.23. The van der Waals surface area contributed by atoms with Gasteiger partial charge in [0, 0.05) is 32.3 Å². The molecule has 1 aromatic rings. The number of benzene rings is 1. The molecule has 0 radical (unpaired) electrons. The lowest BCUT2D eigenvalue weighted by atomic mass is 10.1. The maximum Gasteiger partial charge on any atom is 0.0900 e. The Hall–Kier alpha value is -0.940. The van der Waals surface area contributed by atoms with Gasteiger partial charge in [-0.3, -0.25) is 4.90 Å². The Morgan fingerprint density at radius 3 is 2.74 bits per heavy atom. The van der Waals surface area contributed by atoms with Gasteiger partial charge in [0.1, 0.15) is 0 Å². The fraction of sp³-hybridized carbons (Fsp3) is 0.684. The zero-order valence-electron chi connectivity index (χ0n) is 14.1. The number of nitrogens with zero attached hydrogens (tertiary/aromatic N) is 1. The van der Waals surface area contributed by atoms with Gasteiger partial charge in [-0.2, -0.15) is 0 Å². The van der Waals surface area contributed by atoms with Crippen LogP contribution in [0.5, 0.6) is 0 Å². The first-order chi connectivity index (χ1) is 11.2. The molecule has 1 saturated carbocycles. The summed E-state index contributed by atoms with van der Waals surface area (Å²) in [5, 5.41) is 10.4. The van der Waals surface area contributed by atoms with E-state index in [1.54, 1.807) is 0 Å². The highest BCUT2D eigenvalue weighted by molar-refractivity contribution is 5.22. The van der Waals surface area contributed by atoms with E-state index in [1.165, 1.54) is 24.0 Å². The summed E-state index contributed by atoms with van der Waals surface area (Å²) in [5.41, 5.74) is 2.62. The molecule has 2 fully saturated rings. The maximum atomic E-state index is 10.4. The highest BCUT2D eigenvalue weighted by Gasteiger charge is 2.30. The first kappa shape index (κ1) is 16.9. The largest absolute Gasteiger partial charge is 0.389 e. The number of aliphatic hydroxyl groups is 1. The molecule has 4 heteroatoms. The topological polar surface area (TPSA) is 41.9 Å². The monoisotopic (exact) mass is 319 g/mol. The van der Waals surface area contributed by atoms with Gasteiger partial charge in [0.25, 0.3) is 0 Å². The molecule has 1 N–H and O–H groups in total. The molecule has 4 nitrogen and oxygen atoms in total. The van der Waals surface area contributed by atoms with Crippen molar-refractivity contribution in [2.24, 2.45) is 0 Å². The van der Waals surface area contributed by atoms with Gasteiger partial charge in [-0.05, 0) is 38.2 Å². The molecule has 1 saturated heterocycles. The van der Waals surface area contributed by atoms with Crippen molar-refractivity contribution >= 4 is 0 Å². The van der Waals surface area contributed by atoms with Crippen LogP contribution in [0.4, 0.5) is 0 Å². The Morgan fingerprint density at radius 1 is 1.26 bits per heavy atom. The normalized spacial score (nSPS) is 20.8. The van der Waals surface area contributed by atoms with Gasteiger partial charge in [0.05, 0.1) is 18.8 Å².